The van der Waals surface area contributed by atoms with Gasteiger partial charge in [0.2, 0.25) is 5.54 Å². The van der Waals surface area contributed by atoms with Gasteiger partial charge < -0.3 is 14.2 Å². The summed E-state index contributed by atoms with van der Waals surface area (Å²) in [4.78, 5) is 40.3. The van der Waals surface area contributed by atoms with Crippen LogP contribution >= 0.6 is 0 Å². The van der Waals surface area contributed by atoms with Gasteiger partial charge in [-0.05, 0) is 34.9 Å². The van der Waals surface area contributed by atoms with E-state index in [1.54, 1.807) is 72.8 Å². The van der Waals surface area contributed by atoms with E-state index in [-0.39, 0.29) is 30.1 Å². The van der Waals surface area contributed by atoms with Gasteiger partial charge in [-0.2, -0.15) is 5.01 Å². The van der Waals surface area contributed by atoms with E-state index in [2.05, 4.69) is 5.43 Å². The molecule has 0 fully saturated rings. The zero-order chi connectivity index (χ0) is 27.2. The minimum atomic E-state index is -2.04. The van der Waals surface area contributed by atoms with Gasteiger partial charge in [0.25, 0.3) is 0 Å². The molecule has 2 amide bonds. The first-order valence-corrected chi connectivity index (χ1v) is 12.0. The summed E-state index contributed by atoms with van der Waals surface area (Å²) in [6.45, 7) is -0.239. The first-order valence-electron chi connectivity index (χ1n) is 12.0. The molecule has 1 aliphatic heterocycles. The van der Waals surface area contributed by atoms with Gasteiger partial charge in [-0.25, -0.2) is 24.2 Å². The van der Waals surface area contributed by atoms with Crippen molar-refractivity contribution in [3.05, 3.63) is 137 Å². The van der Waals surface area contributed by atoms with Crippen molar-refractivity contribution < 1.29 is 33.0 Å². The van der Waals surface area contributed by atoms with Gasteiger partial charge in [0, 0.05) is 5.56 Å². The maximum absolute atomic E-state index is 13.9. The average Bonchev–Trinajstić information content (AvgIpc) is 3.27. The molecule has 0 saturated carbocycles. The average molecular weight is 527 g/mol. The fourth-order valence-electron chi connectivity index (χ4n) is 4.34. The minimum Gasteiger partial charge on any atom is -0.443 e. The van der Waals surface area contributed by atoms with Crippen LogP contribution in [0.1, 0.15) is 22.3 Å². The summed E-state index contributed by atoms with van der Waals surface area (Å²) < 4.78 is 30.3. The minimum absolute atomic E-state index is 0.0931. The van der Waals surface area contributed by atoms with Gasteiger partial charge in [0.15, 0.2) is 0 Å². The normalized spacial score (nSPS) is 15.6. The quantitative estimate of drug-likeness (QED) is 0.204. The first-order chi connectivity index (χ1) is 19.0. The van der Waals surface area contributed by atoms with Crippen molar-refractivity contribution in [3.8, 4) is 5.75 Å². The van der Waals surface area contributed by atoms with E-state index in [1.165, 1.54) is 12.1 Å². The highest BCUT2D eigenvalue weighted by Crippen LogP contribution is 2.46. The molecule has 4 aromatic rings. The Labute approximate surface area is 223 Å². The Bertz CT molecular complexity index is 1480. The zero-order valence-electron chi connectivity index (χ0n) is 20.6. The van der Waals surface area contributed by atoms with Crippen molar-refractivity contribution in [3.63, 3.8) is 0 Å². The molecule has 5 rings (SSSR count). The molecule has 1 heterocycles. The number of amides is 2. The summed E-state index contributed by atoms with van der Waals surface area (Å²) in [5, 5.41) is 0.741. The van der Waals surface area contributed by atoms with E-state index in [9.17, 15) is 18.8 Å². The Morgan fingerprint density at radius 2 is 1.33 bits per heavy atom. The van der Waals surface area contributed by atoms with Crippen LogP contribution in [0.4, 0.5) is 14.0 Å². The molecule has 9 heteroatoms. The number of halogens is 1. The Kier molecular flexibility index (Phi) is 7.22. The smallest absolute Gasteiger partial charge is 0.430 e. The number of hydrogen-bond donors (Lipinski definition) is 1. The van der Waals surface area contributed by atoms with Gasteiger partial charge in [-0.3, -0.25) is 0 Å². The molecule has 1 aliphatic rings. The second-order valence-electron chi connectivity index (χ2n) is 8.65. The van der Waals surface area contributed by atoms with E-state index in [0.29, 0.717) is 11.1 Å². The lowest BCUT2D eigenvalue weighted by molar-refractivity contribution is -0.143. The Balaban J connectivity index is 1.54. The Hall–Kier alpha value is -5.18. The van der Waals surface area contributed by atoms with Crippen molar-refractivity contribution >= 4 is 18.2 Å². The molecule has 0 unspecified atom stereocenters. The molecule has 8 nitrogen and oxygen atoms in total. The predicted molar refractivity (Wildman–Crippen MR) is 137 cm³/mol. The van der Waals surface area contributed by atoms with Crippen LogP contribution in [0, 0.1) is 5.82 Å². The Morgan fingerprint density at radius 1 is 0.769 bits per heavy atom. The molecule has 0 spiro atoms. The molecule has 1 atom stereocenters. The molecular weight excluding hydrogens is 503 g/mol. The molecule has 39 heavy (non-hydrogen) atoms. The van der Waals surface area contributed by atoms with Gasteiger partial charge >= 0.3 is 18.2 Å². The highest BCUT2D eigenvalue weighted by Gasteiger charge is 2.58. The molecule has 0 aromatic heterocycles. The second-order valence-corrected chi connectivity index (χ2v) is 8.65. The number of carbonyl (C=O) groups is 3. The topological polar surface area (TPSA) is 94.2 Å². The number of nitrogens with zero attached hydrogens (tertiary/aromatic N) is 1. The van der Waals surface area contributed by atoms with Crippen LogP contribution in [-0.2, 0) is 33.0 Å². The highest BCUT2D eigenvalue weighted by molar-refractivity contribution is 5.97. The van der Waals surface area contributed by atoms with Crippen LogP contribution in [0.25, 0.3) is 0 Å². The molecule has 4 aromatic carbocycles. The summed E-state index contributed by atoms with van der Waals surface area (Å²) >= 11 is 0. The third-order valence-corrected chi connectivity index (χ3v) is 6.18. The van der Waals surface area contributed by atoms with E-state index < -0.39 is 29.5 Å². The number of fused-ring (bicyclic) bond motifs is 1. The van der Waals surface area contributed by atoms with Gasteiger partial charge in [-0.15, -0.1) is 0 Å². The van der Waals surface area contributed by atoms with Crippen molar-refractivity contribution in [1.29, 1.82) is 0 Å². The molecule has 0 saturated heterocycles. The standard InChI is InChI=1S/C30H23FN2O6/c31-24-17-15-23(16-18-24)30(25-13-7-8-14-26(25)39-27(30)34)33(29(36)38-20-22-11-5-2-6-12-22)32-28(35)37-19-21-9-3-1-4-10-21/h1-18H,19-20H2,(H,32,35)/t30-/m1/s1. The zero-order valence-corrected chi connectivity index (χ0v) is 20.6. The molecule has 196 valence electrons. The lowest BCUT2D eigenvalue weighted by atomic mass is 9.83. The van der Waals surface area contributed by atoms with Crippen molar-refractivity contribution in [2.45, 2.75) is 18.8 Å². The number of carbonyl (C=O) groups excluding carboxylic acids is 3. The molecule has 0 bridgehead atoms. The summed E-state index contributed by atoms with van der Waals surface area (Å²) in [5.41, 5.74) is 2.17. The van der Waals surface area contributed by atoms with Gasteiger partial charge in [-0.1, -0.05) is 91.0 Å². The monoisotopic (exact) mass is 526 g/mol. The van der Waals surface area contributed by atoms with Crippen LogP contribution in [0.2, 0.25) is 0 Å². The van der Waals surface area contributed by atoms with Crippen LogP contribution in [0.3, 0.4) is 0 Å². The van der Waals surface area contributed by atoms with Crippen molar-refractivity contribution in [1.82, 2.24) is 10.4 Å². The summed E-state index contributed by atoms with van der Waals surface area (Å²) in [6, 6.07) is 29.3. The van der Waals surface area contributed by atoms with E-state index in [1.807, 2.05) is 12.1 Å². The largest absolute Gasteiger partial charge is 0.443 e. The first kappa shape index (κ1) is 25.5. The Morgan fingerprint density at radius 3 is 1.97 bits per heavy atom. The highest BCUT2D eigenvalue weighted by atomic mass is 19.1. The molecule has 0 radical (unpaired) electrons. The fraction of sp³-hybridized carbons (Fsp3) is 0.100. The third-order valence-electron chi connectivity index (χ3n) is 6.18. The van der Waals surface area contributed by atoms with Crippen molar-refractivity contribution in [2.24, 2.45) is 0 Å². The third kappa shape index (κ3) is 5.15. The molecule has 1 N–H and O–H groups in total. The van der Waals surface area contributed by atoms with Gasteiger partial charge in [0.05, 0.1) is 0 Å². The number of nitrogens with one attached hydrogen (secondary N) is 1. The number of hydrazine groups is 1. The number of rotatable bonds is 6. The predicted octanol–water partition coefficient (Wildman–Crippen LogP) is 5.47. The van der Waals surface area contributed by atoms with E-state index >= 15 is 0 Å². The van der Waals surface area contributed by atoms with Crippen LogP contribution in [-0.4, -0.2) is 23.2 Å². The number of para-hydroxylation sites is 1. The number of benzene rings is 4. The number of ether oxygens (including phenoxy) is 3. The van der Waals surface area contributed by atoms with Crippen LogP contribution in [0.15, 0.2) is 109 Å². The maximum Gasteiger partial charge on any atom is 0.430 e. The molecular formula is C30H23FN2O6. The second kappa shape index (κ2) is 11.1. The van der Waals surface area contributed by atoms with Crippen LogP contribution < -0.4 is 10.2 Å². The maximum atomic E-state index is 13.9. The SMILES string of the molecule is O=C(NN(C(=O)OCc1ccccc1)[C@@]1(c2ccc(F)cc2)C(=O)Oc2ccccc21)OCc1ccccc1. The number of hydrogen-bond acceptors (Lipinski definition) is 6. The van der Waals surface area contributed by atoms with E-state index in [4.69, 9.17) is 14.2 Å². The summed E-state index contributed by atoms with van der Waals surface area (Å²) in [6.07, 6.45) is -2.08. The van der Waals surface area contributed by atoms with Crippen molar-refractivity contribution in [2.75, 3.05) is 0 Å². The summed E-state index contributed by atoms with van der Waals surface area (Å²) in [5.74, 6) is -1.27. The lowest BCUT2D eigenvalue weighted by Gasteiger charge is -2.37. The fourth-order valence-corrected chi connectivity index (χ4v) is 4.34. The van der Waals surface area contributed by atoms with E-state index in [0.717, 1.165) is 17.1 Å². The summed E-state index contributed by atoms with van der Waals surface area (Å²) in [7, 11) is 0. The lowest BCUT2D eigenvalue weighted by Crippen LogP contribution is -2.61. The van der Waals surface area contributed by atoms with Crippen LogP contribution in [0.5, 0.6) is 5.75 Å². The molecule has 0 aliphatic carbocycles. The number of esters is 1. The van der Waals surface area contributed by atoms with Gasteiger partial charge in [0.1, 0.15) is 24.8 Å².